The maximum Gasteiger partial charge on any atom is 0.0450 e. The Labute approximate surface area is 116 Å². The average Bonchev–Trinajstić information content (AvgIpc) is 2.42. The van der Waals surface area contributed by atoms with Crippen LogP contribution in [0.1, 0.15) is 44.6 Å². The van der Waals surface area contributed by atoms with Gasteiger partial charge in [0.2, 0.25) is 0 Å². The van der Waals surface area contributed by atoms with Gasteiger partial charge >= 0.3 is 0 Å². The Balaban J connectivity index is 1.69. The largest absolute Gasteiger partial charge is 0.312 e. The molecule has 100 valence electrons. The first kappa shape index (κ1) is 13.9. The Hall–Kier alpha value is -0.530. The van der Waals surface area contributed by atoms with Crippen molar-refractivity contribution in [1.29, 1.82) is 0 Å². The molecule has 0 aliphatic heterocycles. The van der Waals surface area contributed by atoms with Crippen molar-refractivity contribution < 1.29 is 0 Å². The van der Waals surface area contributed by atoms with E-state index in [4.69, 9.17) is 11.6 Å². The van der Waals surface area contributed by atoms with Crippen LogP contribution in [-0.2, 0) is 6.54 Å². The summed E-state index contributed by atoms with van der Waals surface area (Å²) < 4.78 is 0. The SMILES string of the molecule is CCC1CCC(CNCc2ccccc2Cl)CC1. The smallest absolute Gasteiger partial charge is 0.0450 e. The highest BCUT2D eigenvalue weighted by Gasteiger charge is 2.19. The topological polar surface area (TPSA) is 12.0 Å². The van der Waals surface area contributed by atoms with E-state index in [9.17, 15) is 0 Å². The lowest BCUT2D eigenvalue weighted by Crippen LogP contribution is -2.26. The summed E-state index contributed by atoms with van der Waals surface area (Å²) in [5.41, 5.74) is 1.21. The number of hydrogen-bond donors (Lipinski definition) is 1. The van der Waals surface area contributed by atoms with Crippen LogP contribution >= 0.6 is 11.6 Å². The molecule has 18 heavy (non-hydrogen) atoms. The number of hydrogen-bond acceptors (Lipinski definition) is 1. The summed E-state index contributed by atoms with van der Waals surface area (Å²) in [5.74, 6) is 1.86. The lowest BCUT2D eigenvalue weighted by molar-refractivity contribution is 0.262. The second-order valence-corrected chi connectivity index (χ2v) is 5.92. The lowest BCUT2D eigenvalue weighted by Gasteiger charge is -2.28. The molecular formula is C16H24ClN. The van der Waals surface area contributed by atoms with E-state index in [1.54, 1.807) is 0 Å². The summed E-state index contributed by atoms with van der Waals surface area (Å²) in [5, 5.41) is 4.44. The van der Waals surface area contributed by atoms with Crippen LogP contribution < -0.4 is 5.32 Å². The van der Waals surface area contributed by atoms with Gasteiger partial charge in [0, 0.05) is 11.6 Å². The molecule has 0 amide bonds. The van der Waals surface area contributed by atoms with E-state index in [1.165, 1.54) is 37.7 Å². The maximum absolute atomic E-state index is 6.14. The fraction of sp³-hybridized carbons (Fsp3) is 0.625. The molecule has 1 aliphatic carbocycles. The number of halogens is 1. The molecule has 1 aromatic carbocycles. The van der Waals surface area contributed by atoms with Crippen molar-refractivity contribution in [1.82, 2.24) is 5.32 Å². The quantitative estimate of drug-likeness (QED) is 0.817. The van der Waals surface area contributed by atoms with Crippen molar-refractivity contribution in [2.45, 2.75) is 45.6 Å². The molecule has 2 rings (SSSR count). The molecule has 0 atom stereocenters. The predicted molar refractivity (Wildman–Crippen MR) is 78.9 cm³/mol. The predicted octanol–water partition coefficient (Wildman–Crippen LogP) is 4.65. The van der Waals surface area contributed by atoms with Crippen LogP contribution in [0.15, 0.2) is 24.3 Å². The first-order chi connectivity index (χ1) is 8.79. The fourth-order valence-electron chi connectivity index (χ4n) is 2.90. The second-order valence-electron chi connectivity index (χ2n) is 5.52. The van der Waals surface area contributed by atoms with Crippen LogP contribution in [0.3, 0.4) is 0 Å². The van der Waals surface area contributed by atoms with Crippen molar-refractivity contribution in [2.24, 2.45) is 11.8 Å². The highest BCUT2D eigenvalue weighted by molar-refractivity contribution is 6.31. The van der Waals surface area contributed by atoms with Gasteiger partial charge in [0.05, 0.1) is 0 Å². The number of rotatable bonds is 5. The molecule has 0 radical (unpaired) electrons. The molecule has 1 fully saturated rings. The molecule has 1 saturated carbocycles. The van der Waals surface area contributed by atoms with Gasteiger partial charge in [-0.25, -0.2) is 0 Å². The second kappa shape index (κ2) is 7.16. The Bertz CT molecular complexity index is 356. The molecule has 2 heteroatoms. The van der Waals surface area contributed by atoms with Gasteiger partial charge in [0.25, 0.3) is 0 Å². The minimum atomic E-state index is 0.871. The third-order valence-corrected chi connectivity index (χ3v) is 4.62. The van der Waals surface area contributed by atoms with Gasteiger partial charge in [-0.3, -0.25) is 0 Å². The van der Waals surface area contributed by atoms with Gasteiger partial charge in [-0.15, -0.1) is 0 Å². The van der Waals surface area contributed by atoms with Gasteiger partial charge < -0.3 is 5.32 Å². The Morgan fingerprint density at radius 3 is 2.44 bits per heavy atom. The van der Waals surface area contributed by atoms with Gasteiger partial charge in [-0.05, 0) is 42.9 Å². The zero-order valence-electron chi connectivity index (χ0n) is 11.3. The Kier molecular flexibility index (Phi) is 5.52. The van der Waals surface area contributed by atoms with E-state index in [2.05, 4.69) is 24.4 Å². The van der Waals surface area contributed by atoms with E-state index in [-0.39, 0.29) is 0 Å². The molecule has 1 aromatic rings. The van der Waals surface area contributed by atoms with E-state index in [0.717, 1.165) is 29.9 Å². The third-order valence-electron chi connectivity index (χ3n) is 4.25. The van der Waals surface area contributed by atoms with Crippen LogP contribution in [0.25, 0.3) is 0 Å². The lowest BCUT2D eigenvalue weighted by atomic mass is 9.81. The molecule has 0 heterocycles. The van der Waals surface area contributed by atoms with Crippen LogP contribution in [0.5, 0.6) is 0 Å². The van der Waals surface area contributed by atoms with Crippen molar-refractivity contribution in [2.75, 3.05) is 6.54 Å². The van der Waals surface area contributed by atoms with E-state index in [1.807, 2.05) is 12.1 Å². The Morgan fingerprint density at radius 1 is 1.11 bits per heavy atom. The highest BCUT2D eigenvalue weighted by Crippen LogP contribution is 2.30. The highest BCUT2D eigenvalue weighted by atomic mass is 35.5. The minimum Gasteiger partial charge on any atom is -0.312 e. The van der Waals surface area contributed by atoms with E-state index >= 15 is 0 Å². The first-order valence-corrected chi connectivity index (χ1v) is 7.61. The van der Waals surface area contributed by atoms with Crippen molar-refractivity contribution in [3.05, 3.63) is 34.9 Å². The van der Waals surface area contributed by atoms with Gasteiger partial charge in [0.1, 0.15) is 0 Å². The molecule has 1 aliphatic rings. The fourth-order valence-corrected chi connectivity index (χ4v) is 3.10. The van der Waals surface area contributed by atoms with Crippen molar-refractivity contribution >= 4 is 11.6 Å². The molecule has 1 N–H and O–H groups in total. The Morgan fingerprint density at radius 2 is 1.78 bits per heavy atom. The maximum atomic E-state index is 6.14. The van der Waals surface area contributed by atoms with E-state index in [0.29, 0.717) is 0 Å². The van der Waals surface area contributed by atoms with Gasteiger partial charge in [-0.1, -0.05) is 56.0 Å². The monoisotopic (exact) mass is 265 g/mol. The normalized spacial score (nSPS) is 24.1. The van der Waals surface area contributed by atoms with Crippen molar-refractivity contribution in [3.63, 3.8) is 0 Å². The summed E-state index contributed by atoms with van der Waals surface area (Å²) >= 11 is 6.14. The third kappa shape index (κ3) is 4.00. The molecular weight excluding hydrogens is 242 g/mol. The standard InChI is InChI=1S/C16H24ClN/c1-2-13-7-9-14(10-8-13)11-18-12-15-5-3-4-6-16(15)17/h3-6,13-14,18H,2,7-12H2,1H3. The van der Waals surface area contributed by atoms with Crippen LogP contribution in [0.4, 0.5) is 0 Å². The zero-order valence-corrected chi connectivity index (χ0v) is 12.0. The summed E-state index contributed by atoms with van der Waals surface area (Å²) in [7, 11) is 0. The van der Waals surface area contributed by atoms with Gasteiger partial charge in [0.15, 0.2) is 0 Å². The molecule has 0 saturated heterocycles. The number of nitrogens with one attached hydrogen (secondary N) is 1. The molecule has 0 aromatic heterocycles. The van der Waals surface area contributed by atoms with Crippen molar-refractivity contribution in [3.8, 4) is 0 Å². The molecule has 0 unspecified atom stereocenters. The summed E-state index contributed by atoms with van der Waals surface area (Å²) in [4.78, 5) is 0. The summed E-state index contributed by atoms with van der Waals surface area (Å²) in [6, 6.07) is 8.10. The molecule has 0 spiro atoms. The molecule has 1 nitrogen and oxygen atoms in total. The molecule has 0 bridgehead atoms. The van der Waals surface area contributed by atoms with Gasteiger partial charge in [-0.2, -0.15) is 0 Å². The number of benzene rings is 1. The summed E-state index contributed by atoms with van der Waals surface area (Å²) in [6.07, 6.45) is 7.01. The van der Waals surface area contributed by atoms with Crippen LogP contribution in [0, 0.1) is 11.8 Å². The van der Waals surface area contributed by atoms with Crippen LogP contribution in [0.2, 0.25) is 5.02 Å². The summed E-state index contributed by atoms with van der Waals surface area (Å²) in [6.45, 7) is 4.36. The minimum absolute atomic E-state index is 0.871. The average molecular weight is 266 g/mol. The van der Waals surface area contributed by atoms with Crippen LogP contribution in [-0.4, -0.2) is 6.54 Å². The zero-order chi connectivity index (χ0) is 12.8. The first-order valence-electron chi connectivity index (χ1n) is 7.23. The van der Waals surface area contributed by atoms with E-state index < -0.39 is 0 Å².